The molecule has 2 aromatic carbocycles. The minimum atomic E-state index is -2.41. The van der Waals surface area contributed by atoms with E-state index in [1.165, 1.54) is 17.2 Å². The summed E-state index contributed by atoms with van der Waals surface area (Å²) in [6, 6.07) is 15.2. The van der Waals surface area contributed by atoms with Crippen LogP contribution in [0.15, 0.2) is 48.5 Å². The first kappa shape index (κ1) is 15.6. The van der Waals surface area contributed by atoms with Gasteiger partial charge in [0.2, 0.25) is 0 Å². The zero-order valence-electron chi connectivity index (χ0n) is 12.4. The number of halogens is 2. The number of hydrogen-bond acceptors (Lipinski definition) is 1. The van der Waals surface area contributed by atoms with E-state index in [-0.39, 0.29) is 5.56 Å². The van der Waals surface area contributed by atoms with Crippen LogP contribution in [0.5, 0.6) is 0 Å². The molecular formula is C18H21F2N. The lowest BCUT2D eigenvalue weighted by molar-refractivity contribution is 0.151. The lowest BCUT2D eigenvalue weighted by atomic mass is 10.0. The molecule has 2 aromatic rings. The molecule has 1 N–H and O–H groups in total. The summed E-state index contributed by atoms with van der Waals surface area (Å²) >= 11 is 0. The van der Waals surface area contributed by atoms with Crippen LogP contribution in [0.2, 0.25) is 0 Å². The lowest BCUT2D eigenvalue weighted by Gasteiger charge is -2.15. The smallest absolute Gasteiger partial charge is 0.263 e. The van der Waals surface area contributed by atoms with Crippen molar-refractivity contribution in [1.82, 2.24) is 5.32 Å². The highest BCUT2D eigenvalue weighted by molar-refractivity contribution is 5.27. The molecule has 0 aromatic heterocycles. The molecule has 0 aliphatic heterocycles. The highest BCUT2D eigenvalue weighted by Gasteiger charge is 2.08. The van der Waals surface area contributed by atoms with E-state index in [1.54, 1.807) is 12.1 Å². The Balaban J connectivity index is 1.91. The first-order chi connectivity index (χ1) is 10.1. The predicted molar refractivity (Wildman–Crippen MR) is 82.6 cm³/mol. The van der Waals surface area contributed by atoms with Gasteiger partial charge in [0, 0.05) is 18.2 Å². The number of benzene rings is 2. The van der Waals surface area contributed by atoms with Gasteiger partial charge in [0.1, 0.15) is 0 Å². The molecule has 0 saturated heterocycles. The summed E-state index contributed by atoms with van der Waals surface area (Å²) < 4.78 is 25.3. The molecule has 0 spiro atoms. The maximum atomic E-state index is 12.7. The van der Waals surface area contributed by atoms with Crippen molar-refractivity contribution in [2.75, 3.05) is 0 Å². The summed E-state index contributed by atoms with van der Waals surface area (Å²) in [5.41, 5.74) is 3.58. The standard InChI is InChI=1S/C18H21F2N/c1-13-6-3-4-8-16(13)10-14(2)21-12-15-7-5-9-17(11-15)18(19)20/h3-9,11,14,18,21H,10,12H2,1-2H3. The Morgan fingerprint density at radius 1 is 1.05 bits per heavy atom. The van der Waals surface area contributed by atoms with E-state index in [2.05, 4.69) is 31.3 Å². The van der Waals surface area contributed by atoms with E-state index in [4.69, 9.17) is 0 Å². The molecule has 0 aliphatic rings. The second-order valence-corrected chi connectivity index (χ2v) is 5.46. The highest BCUT2D eigenvalue weighted by Crippen LogP contribution is 2.19. The van der Waals surface area contributed by atoms with E-state index < -0.39 is 6.43 Å². The van der Waals surface area contributed by atoms with Gasteiger partial charge in [-0.15, -0.1) is 0 Å². The molecular weight excluding hydrogens is 268 g/mol. The van der Waals surface area contributed by atoms with E-state index >= 15 is 0 Å². The Bertz CT molecular complexity index is 581. The van der Waals surface area contributed by atoms with E-state index in [1.807, 2.05) is 18.2 Å². The van der Waals surface area contributed by atoms with Gasteiger partial charge in [-0.1, -0.05) is 42.5 Å². The minimum absolute atomic E-state index is 0.0841. The molecule has 0 aliphatic carbocycles. The van der Waals surface area contributed by atoms with E-state index in [0.717, 1.165) is 12.0 Å². The fourth-order valence-electron chi connectivity index (χ4n) is 2.37. The maximum absolute atomic E-state index is 12.7. The molecule has 3 heteroatoms. The second kappa shape index (κ2) is 7.32. The van der Waals surface area contributed by atoms with Gasteiger partial charge in [-0.25, -0.2) is 8.78 Å². The molecule has 1 nitrogen and oxygen atoms in total. The molecule has 1 unspecified atom stereocenters. The van der Waals surface area contributed by atoms with Crippen LogP contribution >= 0.6 is 0 Å². The van der Waals surface area contributed by atoms with Gasteiger partial charge in [-0.2, -0.15) is 0 Å². The first-order valence-electron chi connectivity index (χ1n) is 7.21. The quantitative estimate of drug-likeness (QED) is 0.816. The SMILES string of the molecule is Cc1ccccc1CC(C)NCc1cccc(C(F)F)c1. The predicted octanol–water partition coefficient (Wildman–Crippen LogP) is 4.65. The topological polar surface area (TPSA) is 12.0 Å². The molecule has 0 bridgehead atoms. The molecule has 2 rings (SSSR count). The fraction of sp³-hybridized carbons (Fsp3) is 0.333. The third-order valence-electron chi connectivity index (χ3n) is 3.65. The van der Waals surface area contributed by atoms with Gasteiger partial charge in [-0.3, -0.25) is 0 Å². The highest BCUT2D eigenvalue weighted by atomic mass is 19.3. The summed E-state index contributed by atoms with van der Waals surface area (Å²) in [6.07, 6.45) is -1.48. The number of nitrogens with one attached hydrogen (secondary N) is 1. The molecule has 0 fully saturated rings. The molecule has 0 heterocycles. The van der Waals surface area contributed by atoms with Crippen LogP contribution < -0.4 is 5.32 Å². The van der Waals surface area contributed by atoms with Crippen LogP contribution in [0, 0.1) is 6.92 Å². The molecule has 21 heavy (non-hydrogen) atoms. The summed E-state index contributed by atoms with van der Waals surface area (Å²) in [5.74, 6) is 0. The maximum Gasteiger partial charge on any atom is 0.263 e. The van der Waals surface area contributed by atoms with Gasteiger partial charge >= 0.3 is 0 Å². The monoisotopic (exact) mass is 289 g/mol. The average molecular weight is 289 g/mol. The molecule has 0 radical (unpaired) electrons. The minimum Gasteiger partial charge on any atom is -0.310 e. The Labute approximate surface area is 125 Å². The summed E-state index contributed by atoms with van der Waals surface area (Å²) in [4.78, 5) is 0. The van der Waals surface area contributed by atoms with Gasteiger partial charge < -0.3 is 5.32 Å². The number of aryl methyl sites for hydroxylation is 1. The van der Waals surface area contributed by atoms with Crippen LogP contribution in [0.1, 0.15) is 35.6 Å². The third-order valence-corrected chi connectivity index (χ3v) is 3.65. The van der Waals surface area contributed by atoms with Crippen LogP contribution in [-0.2, 0) is 13.0 Å². The normalized spacial score (nSPS) is 12.6. The second-order valence-electron chi connectivity index (χ2n) is 5.46. The first-order valence-corrected chi connectivity index (χ1v) is 7.21. The van der Waals surface area contributed by atoms with Crippen molar-refractivity contribution in [3.05, 3.63) is 70.8 Å². The molecule has 1 atom stereocenters. The Kier molecular flexibility index (Phi) is 5.45. The zero-order chi connectivity index (χ0) is 15.2. The molecule has 112 valence electrons. The van der Waals surface area contributed by atoms with Crippen LogP contribution in [0.3, 0.4) is 0 Å². The van der Waals surface area contributed by atoms with Gasteiger partial charge in [0.15, 0.2) is 0 Å². The molecule has 0 saturated carbocycles. The van der Waals surface area contributed by atoms with E-state index in [9.17, 15) is 8.78 Å². The summed E-state index contributed by atoms with van der Waals surface area (Å²) in [7, 11) is 0. The van der Waals surface area contributed by atoms with Crippen LogP contribution in [0.4, 0.5) is 8.78 Å². The third kappa shape index (κ3) is 4.64. The lowest BCUT2D eigenvalue weighted by Crippen LogP contribution is -2.27. The van der Waals surface area contributed by atoms with Crippen LogP contribution in [-0.4, -0.2) is 6.04 Å². The van der Waals surface area contributed by atoms with Crippen molar-refractivity contribution in [2.45, 2.75) is 39.3 Å². The van der Waals surface area contributed by atoms with E-state index in [0.29, 0.717) is 12.6 Å². The van der Waals surface area contributed by atoms with Crippen molar-refractivity contribution >= 4 is 0 Å². The van der Waals surface area contributed by atoms with Crippen molar-refractivity contribution in [2.24, 2.45) is 0 Å². The zero-order valence-corrected chi connectivity index (χ0v) is 12.4. The largest absolute Gasteiger partial charge is 0.310 e. The Morgan fingerprint density at radius 3 is 2.52 bits per heavy atom. The van der Waals surface area contributed by atoms with Crippen molar-refractivity contribution in [3.63, 3.8) is 0 Å². The number of hydrogen-bond donors (Lipinski definition) is 1. The average Bonchev–Trinajstić information content (AvgIpc) is 2.48. The summed E-state index contributed by atoms with van der Waals surface area (Å²) in [6.45, 7) is 4.82. The van der Waals surface area contributed by atoms with Gasteiger partial charge in [0.05, 0.1) is 0 Å². The van der Waals surface area contributed by atoms with Crippen molar-refractivity contribution in [1.29, 1.82) is 0 Å². The van der Waals surface area contributed by atoms with Gasteiger partial charge in [0.25, 0.3) is 6.43 Å². The van der Waals surface area contributed by atoms with Gasteiger partial charge in [-0.05, 0) is 43.0 Å². The summed E-state index contributed by atoms with van der Waals surface area (Å²) in [5, 5.41) is 3.40. The van der Waals surface area contributed by atoms with Crippen molar-refractivity contribution < 1.29 is 8.78 Å². The number of alkyl halides is 2. The Hall–Kier alpha value is -1.74. The Morgan fingerprint density at radius 2 is 1.81 bits per heavy atom. The fourth-order valence-corrected chi connectivity index (χ4v) is 2.37. The number of rotatable bonds is 6. The van der Waals surface area contributed by atoms with Crippen LogP contribution in [0.25, 0.3) is 0 Å². The van der Waals surface area contributed by atoms with Crippen molar-refractivity contribution in [3.8, 4) is 0 Å². The molecule has 0 amide bonds.